The maximum Gasteiger partial charge on any atom is 0.184 e. The molecule has 1 aliphatic rings. The molecule has 2 heterocycles. The van der Waals surface area contributed by atoms with Gasteiger partial charge in [-0.3, -0.25) is 0 Å². The largest absolute Gasteiger partial charge is 0.497 e. The topological polar surface area (TPSA) is 130 Å². The number of aliphatic hydroxyl groups is 4. The van der Waals surface area contributed by atoms with E-state index in [2.05, 4.69) is 10.3 Å². The van der Waals surface area contributed by atoms with E-state index in [4.69, 9.17) is 9.47 Å². The second-order valence-corrected chi connectivity index (χ2v) is 6.79. The van der Waals surface area contributed by atoms with Crippen molar-refractivity contribution in [1.29, 1.82) is 0 Å². The lowest BCUT2D eigenvalue weighted by Crippen LogP contribution is -2.58. The molecule has 9 nitrogen and oxygen atoms in total. The molecule has 1 aliphatic heterocycles. The van der Waals surface area contributed by atoms with Crippen LogP contribution in [-0.4, -0.2) is 73.2 Å². The number of hydrogen-bond donors (Lipinski definition) is 4. The van der Waals surface area contributed by atoms with Crippen LogP contribution in [-0.2, 0) is 11.3 Å². The van der Waals surface area contributed by atoms with Gasteiger partial charge in [0.25, 0.3) is 0 Å². The van der Waals surface area contributed by atoms with E-state index >= 15 is 0 Å². The van der Waals surface area contributed by atoms with Crippen LogP contribution < -0.4 is 4.74 Å². The van der Waals surface area contributed by atoms with E-state index in [0.717, 1.165) is 22.1 Å². The zero-order valence-electron chi connectivity index (χ0n) is 15.1. The lowest BCUT2D eigenvalue weighted by atomic mass is 9.99. The number of benzene rings is 2. The fraction of sp³-hybridized carbons (Fsp3) is 0.368. The first-order valence-electron chi connectivity index (χ1n) is 8.82. The molecule has 1 fully saturated rings. The molecule has 1 aromatic heterocycles. The van der Waals surface area contributed by atoms with Crippen molar-refractivity contribution in [2.24, 2.45) is 0 Å². The molecule has 2 aromatic carbocycles. The normalized spacial score (nSPS) is 27.8. The highest BCUT2D eigenvalue weighted by molar-refractivity contribution is 5.87. The van der Waals surface area contributed by atoms with Gasteiger partial charge in [0.05, 0.1) is 19.9 Å². The molecular weight excluding hydrogens is 366 g/mol. The van der Waals surface area contributed by atoms with Gasteiger partial charge in [-0.25, -0.2) is 4.68 Å². The van der Waals surface area contributed by atoms with Crippen LogP contribution in [0.3, 0.4) is 0 Å². The van der Waals surface area contributed by atoms with E-state index in [9.17, 15) is 20.4 Å². The molecule has 0 saturated carbocycles. The lowest BCUT2D eigenvalue weighted by molar-refractivity contribution is -0.284. The van der Waals surface area contributed by atoms with Gasteiger partial charge in [0, 0.05) is 5.56 Å². The molecule has 1 saturated heterocycles. The fourth-order valence-corrected chi connectivity index (χ4v) is 3.30. The summed E-state index contributed by atoms with van der Waals surface area (Å²) in [4.78, 5) is 0. The first kappa shape index (κ1) is 18.8. The lowest BCUT2D eigenvalue weighted by Gasteiger charge is -2.38. The SMILES string of the molecule is COc1ccc2cc(-c3cn(C[C@H]4OC(O)[C@H](O)[C@@H](O)[C@@H]4O)nn3)ccc2c1. The predicted molar refractivity (Wildman–Crippen MR) is 98.4 cm³/mol. The third kappa shape index (κ3) is 3.46. The highest BCUT2D eigenvalue weighted by atomic mass is 16.6. The number of rotatable bonds is 4. The molecule has 0 bridgehead atoms. The molecule has 0 amide bonds. The van der Waals surface area contributed by atoms with Gasteiger partial charge >= 0.3 is 0 Å². The van der Waals surface area contributed by atoms with Crippen molar-refractivity contribution < 1.29 is 29.9 Å². The summed E-state index contributed by atoms with van der Waals surface area (Å²) in [5, 5.41) is 49.3. The van der Waals surface area contributed by atoms with E-state index in [0.29, 0.717) is 5.69 Å². The minimum atomic E-state index is -1.58. The van der Waals surface area contributed by atoms with Crippen molar-refractivity contribution in [3.8, 4) is 17.0 Å². The molecule has 9 heteroatoms. The molecule has 1 unspecified atom stereocenters. The number of aliphatic hydroxyl groups excluding tert-OH is 4. The van der Waals surface area contributed by atoms with Crippen LogP contribution in [0.15, 0.2) is 42.6 Å². The first-order chi connectivity index (χ1) is 13.5. The number of methoxy groups -OCH3 is 1. The Hall–Kier alpha value is -2.56. The average Bonchev–Trinajstić information content (AvgIpc) is 3.18. The molecule has 5 atom stereocenters. The predicted octanol–water partition coefficient (Wildman–Crippen LogP) is -0.0932. The van der Waals surface area contributed by atoms with E-state index in [1.807, 2.05) is 36.4 Å². The zero-order valence-corrected chi connectivity index (χ0v) is 15.1. The second kappa shape index (κ2) is 7.46. The molecule has 0 aliphatic carbocycles. The number of nitrogens with zero attached hydrogens (tertiary/aromatic N) is 3. The quantitative estimate of drug-likeness (QED) is 0.489. The van der Waals surface area contributed by atoms with E-state index in [-0.39, 0.29) is 6.54 Å². The summed E-state index contributed by atoms with van der Waals surface area (Å²) < 4.78 is 11.9. The Morgan fingerprint density at radius 1 is 1.00 bits per heavy atom. The molecule has 148 valence electrons. The van der Waals surface area contributed by atoms with Gasteiger partial charge in [-0.05, 0) is 29.0 Å². The molecule has 0 spiro atoms. The standard InChI is InChI=1S/C19H21N3O6/c1-27-13-5-4-10-6-12(3-2-11(10)7-13)14-8-22(21-20-14)9-15-16(23)17(24)18(25)19(26)28-15/h2-8,15-19,23-26H,9H2,1H3/t15-,16-,17+,18-,19?/m1/s1. The third-order valence-corrected chi connectivity index (χ3v) is 4.94. The maximum atomic E-state index is 10.1. The smallest absolute Gasteiger partial charge is 0.184 e. The molecule has 3 aromatic rings. The Labute approximate surface area is 160 Å². The maximum absolute atomic E-state index is 10.1. The number of hydrogen-bond acceptors (Lipinski definition) is 8. The number of aromatic nitrogens is 3. The molecule has 4 N–H and O–H groups in total. The summed E-state index contributed by atoms with van der Waals surface area (Å²) in [6.45, 7) is 0.0553. The minimum Gasteiger partial charge on any atom is -0.497 e. The Morgan fingerprint density at radius 3 is 2.54 bits per heavy atom. The molecular formula is C19H21N3O6. The minimum absolute atomic E-state index is 0.0553. The van der Waals surface area contributed by atoms with Crippen LogP contribution in [0.1, 0.15) is 0 Å². The summed E-state index contributed by atoms with van der Waals surface area (Å²) in [5.41, 5.74) is 1.49. The zero-order chi connectivity index (χ0) is 19.8. The van der Waals surface area contributed by atoms with E-state index < -0.39 is 30.7 Å². The van der Waals surface area contributed by atoms with Gasteiger partial charge in [-0.2, -0.15) is 0 Å². The Balaban J connectivity index is 1.53. The van der Waals surface area contributed by atoms with E-state index in [1.54, 1.807) is 13.3 Å². The van der Waals surface area contributed by atoms with Gasteiger partial charge in [0.1, 0.15) is 35.9 Å². The van der Waals surface area contributed by atoms with Crippen molar-refractivity contribution in [2.45, 2.75) is 37.3 Å². The summed E-state index contributed by atoms with van der Waals surface area (Å²) in [6, 6.07) is 11.7. The first-order valence-corrected chi connectivity index (χ1v) is 8.82. The van der Waals surface area contributed by atoms with Crippen LogP contribution >= 0.6 is 0 Å². The van der Waals surface area contributed by atoms with Crippen molar-refractivity contribution in [1.82, 2.24) is 15.0 Å². The van der Waals surface area contributed by atoms with Crippen LogP contribution in [0.4, 0.5) is 0 Å². The Morgan fingerprint density at radius 2 is 1.75 bits per heavy atom. The second-order valence-electron chi connectivity index (χ2n) is 6.79. The van der Waals surface area contributed by atoms with Gasteiger partial charge < -0.3 is 29.9 Å². The van der Waals surface area contributed by atoms with Gasteiger partial charge in [0.15, 0.2) is 6.29 Å². The van der Waals surface area contributed by atoms with Crippen molar-refractivity contribution in [3.05, 3.63) is 42.6 Å². The monoisotopic (exact) mass is 387 g/mol. The highest BCUT2D eigenvalue weighted by Crippen LogP contribution is 2.26. The van der Waals surface area contributed by atoms with Crippen molar-refractivity contribution >= 4 is 10.8 Å². The van der Waals surface area contributed by atoms with Crippen molar-refractivity contribution in [2.75, 3.05) is 7.11 Å². The van der Waals surface area contributed by atoms with Crippen LogP contribution in [0.2, 0.25) is 0 Å². The van der Waals surface area contributed by atoms with Crippen LogP contribution in [0, 0.1) is 0 Å². The fourth-order valence-electron chi connectivity index (χ4n) is 3.30. The molecule has 28 heavy (non-hydrogen) atoms. The van der Waals surface area contributed by atoms with Crippen LogP contribution in [0.25, 0.3) is 22.0 Å². The number of ether oxygens (including phenoxy) is 2. The van der Waals surface area contributed by atoms with E-state index in [1.165, 1.54) is 4.68 Å². The third-order valence-electron chi connectivity index (χ3n) is 4.94. The number of fused-ring (bicyclic) bond motifs is 1. The summed E-state index contributed by atoms with van der Waals surface area (Å²) in [6.07, 6.45) is -5.26. The summed E-state index contributed by atoms with van der Waals surface area (Å²) in [5.74, 6) is 0.784. The molecule has 0 radical (unpaired) electrons. The van der Waals surface area contributed by atoms with Gasteiger partial charge in [-0.15, -0.1) is 5.10 Å². The summed E-state index contributed by atoms with van der Waals surface area (Å²) >= 11 is 0. The Bertz CT molecular complexity index is 977. The summed E-state index contributed by atoms with van der Waals surface area (Å²) in [7, 11) is 1.62. The molecule has 4 rings (SSSR count). The average molecular weight is 387 g/mol. The Kier molecular flexibility index (Phi) is 5.00. The van der Waals surface area contributed by atoms with Gasteiger partial charge in [0.2, 0.25) is 0 Å². The highest BCUT2D eigenvalue weighted by Gasteiger charge is 2.43. The van der Waals surface area contributed by atoms with Crippen LogP contribution in [0.5, 0.6) is 5.75 Å². The van der Waals surface area contributed by atoms with Gasteiger partial charge in [-0.1, -0.05) is 23.4 Å². The van der Waals surface area contributed by atoms with Crippen molar-refractivity contribution in [3.63, 3.8) is 0 Å².